The van der Waals surface area contributed by atoms with Crippen molar-refractivity contribution >= 4 is 9.84 Å². The summed E-state index contributed by atoms with van der Waals surface area (Å²) in [5.74, 6) is 1.39. The first-order valence-corrected chi connectivity index (χ1v) is 8.20. The van der Waals surface area contributed by atoms with Crippen molar-refractivity contribution in [1.82, 2.24) is 0 Å². The van der Waals surface area contributed by atoms with E-state index >= 15 is 0 Å². The first kappa shape index (κ1) is 15.8. The first-order valence-electron chi connectivity index (χ1n) is 6.14. The van der Waals surface area contributed by atoms with Gasteiger partial charge >= 0.3 is 0 Å². The second-order valence-electron chi connectivity index (χ2n) is 4.36. The van der Waals surface area contributed by atoms with Crippen LogP contribution in [0.4, 0.5) is 0 Å². The van der Waals surface area contributed by atoms with Gasteiger partial charge in [-0.1, -0.05) is 6.07 Å². The van der Waals surface area contributed by atoms with Crippen LogP contribution in [-0.4, -0.2) is 40.7 Å². The highest BCUT2D eigenvalue weighted by Crippen LogP contribution is 2.28. The predicted molar refractivity (Wildman–Crippen MR) is 75.6 cm³/mol. The lowest BCUT2D eigenvalue weighted by atomic mass is 10.1. The van der Waals surface area contributed by atoms with Crippen molar-refractivity contribution in [3.8, 4) is 11.5 Å². The third-order valence-corrected chi connectivity index (χ3v) is 3.61. The van der Waals surface area contributed by atoms with Crippen LogP contribution < -0.4 is 15.2 Å². The second kappa shape index (κ2) is 7.35. The van der Waals surface area contributed by atoms with E-state index in [1.807, 2.05) is 18.2 Å². The summed E-state index contributed by atoms with van der Waals surface area (Å²) >= 11 is 0. The van der Waals surface area contributed by atoms with Crippen molar-refractivity contribution in [2.24, 2.45) is 5.73 Å². The Kier molecular flexibility index (Phi) is 6.11. The molecule has 0 spiro atoms. The van der Waals surface area contributed by atoms with Crippen molar-refractivity contribution in [2.75, 3.05) is 32.3 Å². The van der Waals surface area contributed by atoms with Gasteiger partial charge in [-0.15, -0.1) is 0 Å². The topological polar surface area (TPSA) is 78.6 Å². The minimum atomic E-state index is -2.94. The normalized spacial score (nSPS) is 11.3. The van der Waals surface area contributed by atoms with E-state index in [4.69, 9.17) is 15.2 Å². The molecule has 0 aromatic heterocycles. The van der Waals surface area contributed by atoms with Crippen LogP contribution in [0.2, 0.25) is 0 Å². The van der Waals surface area contributed by atoms with Gasteiger partial charge in [0.25, 0.3) is 0 Å². The van der Waals surface area contributed by atoms with E-state index in [1.54, 1.807) is 7.11 Å². The number of hydrogen-bond acceptors (Lipinski definition) is 5. The Hall–Kier alpha value is -1.27. The maximum absolute atomic E-state index is 11.0. The van der Waals surface area contributed by atoms with Crippen LogP contribution in [0.15, 0.2) is 18.2 Å². The monoisotopic (exact) mass is 287 g/mol. The van der Waals surface area contributed by atoms with Gasteiger partial charge in [-0.25, -0.2) is 8.42 Å². The van der Waals surface area contributed by atoms with Gasteiger partial charge < -0.3 is 15.2 Å². The van der Waals surface area contributed by atoms with Crippen molar-refractivity contribution < 1.29 is 17.9 Å². The molecule has 1 aromatic rings. The van der Waals surface area contributed by atoms with E-state index in [1.165, 1.54) is 6.26 Å². The molecule has 19 heavy (non-hydrogen) atoms. The molecule has 0 aliphatic carbocycles. The third-order valence-electron chi connectivity index (χ3n) is 2.58. The molecule has 0 aliphatic rings. The van der Waals surface area contributed by atoms with Gasteiger partial charge in [0.05, 0.1) is 19.5 Å². The Bertz CT molecular complexity index is 499. The largest absolute Gasteiger partial charge is 0.493 e. The van der Waals surface area contributed by atoms with E-state index in [0.717, 1.165) is 12.0 Å². The lowest BCUT2D eigenvalue weighted by Gasteiger charge is -2.12. The number of methoxy groups -OCH3 is 1. The van der Waals surface area contributed by atoms with E-state index < -0.39 is 9.84 Å². The highest BCUT2D eigenvalue weighted by Gasteiger charge is 2.07. The zero-order chi connectivity index (χ0) is 14.3. The number of rotatable bonds is 8. The average Bonchev–Trinajstić information content (AvgIpc) is 2.34. The molecule has 0 atom stereocenters. The van der Waals surface area contributed by atoms with Crippen molar-refractivity contribution in [3.63, 3.8) is 0 Å². The SMILES string of the molecule is COc1ccc(CCN)cc1OCCCS(C)(=O)=O. The minimum absolute atomic E-state index is 0.123. The molecule has 0 amide bonds. The molecule has 0 bridgehead atoms. The summed E-state index contributed by atoms with van der Waals surface area (Å²) in [6, 6.07) is 5.65. The van der Waals surface area contributed by atoms with Crippen LogP contribution in [0.5, 0.6) is 11.5 Å². The van der Waals surface area contributed by atoms with Crippen LogP contribution >= 0.6 is 0 Å². The zero-order valence-electron chi connectivity index (χ0n) is 11.4. The van der Waals surface area contributed by atoms with Gasteiger partial charge in [-0.2, -0.15) is 0 Å². The number of benzene rings is 1. The Morgan fingerprint density at radius 1 is 1.26 bits per heavy atom. The molecule has 0 unspecified atom stereocenters. The van der Waals surface area contributed by atoms with Crippen LogP contribution in [0.25, 0.3) is 0 Å². The molecule has 6 heteroatoms. The van der Waals surface area contributed by atoms with Gasteiger partial charge in [0.2, 0.25) is 0 Å². The molecule has 5 nitrogen and oxygen atoms in total. The summed E-state index contributed by atoms with van der Waals surface area (Å²) in [7, 11) is -1.37. The van der Waals surface area contributed by atoms with Crippen molar-refractivity contribution in [1.29, 1.82) is 0 Å². The maximum atomic E-state index is 11.0. The molecule has 0 radical (unpaired) electrons. The summed E-state index contributed by atoms with van der Waals surface area (Å²) < 4.78 is 32.8. The number of ether oxygens (including phenoxy) is 2. The molecule has 0 saturated carbocycles. The van der Waals surface area contributed by atoms with Crippen LogP contribution in [0.1, 0.15) is 12.0 Å². The average molecular weight is 287 g/mol. The highest BCUT2D eigenvalue weighted by atomic mass is 32.2. The van der Waals surface area contributed by atoms with Gasteiger partial charge in [0.1, 0.15) is 9.84 Å². The van der Waals surface area contributed by atoms with Crippen molar-refractivity contribution in [3.05, 3.63) is 23.8 Å². The maximum Gasteiger partial charge on any atom is 0.161 e. The molecule has 0 aliphatic heterocycles. The second-order valence-corrected chi connectivity index (χ2v) is 6.62. The van der Waals surface area contributed by atoms with Gasteiger partial charge in [0, 0.05) is 6.26 Å². The standard InChI is InChI=1S/C13H21NO4S/c1-17-12-5-4-11(6-7-14)10-13(12)18-8-3-9-19(2,15)16/h4-5,10H,3,6-9,14H2,1-2H3. The van der Waals surface area contributed by atoms with E-state index in [0.29, 0.717) is 31.1 Å². The fraction of sp³-hybridized carbons (Fsp3) is 0.538. The Balaban J connectivity index is 2.62. The Morgan fingerprint density at radius 2 is 2.00 bits per heavy atom. The lowest BCUT2D eigenvalue weighted by molar-refractivity contribution is 0.294. The number of sulfone groups is 1. The van der Waals surface area contributed by atoms with Crippen LogP contribution in [-0.2, 0) is 16.3 Å². The molecule has 1 rings (SSSR count). The number of nitrogens with two attached hydrogens (primary N) is 1. The summed E-state index contributed by atoms with van der Waals surface area (Å²) in [4.78, 5) is 0. The molecule has 0 fully saturated rings. The van der Waals surface area contributed by atoms with E-state index in [9.17, 15) is 8.42 Å². The van der Waals surface area contributed by atoms with Crippen molar-refractivity contribution in [2.45, 2.75) is 12.8 Å². The Morgan fingerprint density at radius 3 is 2.58 bits per heavy atom. The fourth-order valence-electron chi connectivity index (χ4n) is 1.66. The fourth-order valence-corrected chi connectivity index (χ4v) is 2.30. The minimum Gasteiger partial charge on any atom is -0.493 e. The molecular weight excluding hydrogens is 266 g/mol. The smallest absolute Gasteiger partial charge is 0.161 e. The summed E-state index contributed by atoms with van der Waals surface area (Å²) in [5, 5.41) is 0. The molecule has 0 saturated heterocycles. The quantitative estimate of drug-likeness (QED) is 0.722. The third kappa shape index (κ3) is 5.94. The summed E-state index contributed by atoms with van der Waals surface area (Å²) in [6.45, 7) is 0.912. The van der Waals surface area contributed by atoms with Gasteiger partial charge in [-0.05, 0) is 37.1 Å². The molecule has 0 heterocycles. The van der Waals surface area contributed by atoms with Crippen LogP contribution in [0.3, 0.4) is 0 Å². The molecule has 2 N–H and O–H groups in total. The first-order chi connectivity index (χ1) is 8.96. The van der Waals surface area contributed by atoms with Gasteiger partial charge in [-0.3, -0.25) is 0 Å². The summed E-state index contributed by atoms with van der Waals surface area (Å²) in [5.41, 5.74) is 6.58. The van der Waals surface area contributed by atoms with Crippen LogP contribution in [0, 0.1) is 0 Å². The van der Waals surface area contributed by atoms with E-state index in [2.05, 4.69) is 0 Å². The zero-order valence-corrected chi connectivity index (χ0v) is 12.2. The van der Waals surface area contributed by atoms with Gasteiger partial charge in [0.15, 0.2) is 11.5 Å². The Labute approximate surface area is 114 Å². The lowest BCUT2D eigenvalue weighted by Crippen LogP contribution is -2.09. The number of hydrogen-bond donors (Lipinski definition) is 1. The molecule has 108 valence electrons. The van der Waals surface area contributed by atoms with E-state index in [-0.39, 0.29) is 5.75 Å². The predicted octanol–water partition coefficient (Wildman–Crippen LogP) is 1.01. The molecular formula is C13H21NO4S. The highest BCUT2D eigenvalue weighted by molar-refractivity contribution is 7.90. The molecule has 1 aromatic carbocycles. The summed E-state index contributed by atoms with van der Waals surface area (Å²) in [6.07, 6.45) is 2.45.